The molecule has 3 aromatic rings. The summed E-state index contributed by atoms with van der Waals surface area (Å²) in [5.74, 6) is -0.270. The van der Waals surface area contributed by atoms with E-state index in [-0.39, 0.29) is 40.1 Å². The van der Waals surface area contributed by atoms with Gasteiger partial charge in [-0.3, -0.25) is 5.32 Å². The number of aromatic nitrogens is 2. The van der Waals surface area contributed by atoms with Crippen molar-refractivity contribution in [1.29, 1.82) is 0 Å². The zero-order valence-electron chi connectivity index (χ0n) is 18.5. The van der Waals surface area contributed by atoms with Crippen molar-refractivity contribution in [2.24, 2.45) is 7.05 Å². The number of halogens is 1. The first-order valence-electron chi connectivity index (χ1n) is 10.8. The number of benzene rings is 2. The van der Waals surface area contributed by atoms with Crippen LogP contribution >= 0.6 is 11.8 Å². The number of imidazole rings is 1. The average Bonchev–Trinajstić information content (AvgIpc) is 3.33. The number of hydrogen-bond donors (Lipinski definition) is 1. The lowest BCUT2D eigenvalue weighted by Crippen LogP contribution is -2.63. The number of quaternary nitrogens is 1. The van der Waals surface area contributed by atoms with E-state index in [1.54, 1.807) is 12.1 Å². The predicted molar refractivity (Wildman–Crippen MR) is 124 cm³/mol. The summed E-state index contributed by atoms with van der Waals surface area (Å²) in [5.41, 5.74) is 2.69. The summed E-state index contributed by atoms with van der Waals surface area (Å²) >= 11 is 1.37. The van der Waals surface area contributed by atoms with Crippen molar-refractivity contribution in [3.05, 3.63) is 59.9 Å². The Balaban J connectivity index is 1.51. The van der Waals surface area contributed by atoms with Crippen LogP contribution in [0, 0.1) is 5.82 Å². The van der Waals surface area contributed by atoms with Crippen molar-refractivity contribution in [3.63, 3.8) is 0 Å². The fourth-order valence-corrected chi connectivity index (χ4v) is 5.43. The summed E-state index contributed by atoms with van der Waals surface area (Å²) in [6, 6.07) is 13.2. The van der Waals surface area contributed by atoms with Gasteiger partial charge in [-0.15, -0.1) is 0 Å². The molecule has 4 rings (SSSR count). The summed E-state index contributed by atoms with van der Waals surface area (Å²) in [4.78, 5) is 31.5. The highest BCUT2D eigenvalue weighted by Crippen LogP contribution is 2.31. The summed E-state index contributed by atoms with van der Waals surface area (Å²) in [6.45, 7) is 4.30. The molecule has 0 bridgehead atoms. The van der Waals surface area contributed by atoms with E-state index in [0.717, 1.165) is 34.6 Å². The first kappa shape index (κ1) is 22.5. The number of likely N-dealkylation sites (tertiary alicyclic amines) is 1. The molecule has 1 saturated heterocycles. The van der Waals surface area contributed by atoms with E-state index in [4.69, 9.17) is 0 Å². The third-order valence-electron chi connectivity index (χ3n) is 6.47. The maximum atomic E-state index is 13.5. The quantitative estimate of drug-likeness (QED) is 0.443. The van der Waals surface area contributed by atoms with E-state index < -0.39 is 0 Å². The second-order valence-electron chi connectivity index (χ2n) is 8.43. The Kier molecular flexibility index (Phi) is 6.35. The molecule has 2 aromatic carbocycles. The molecule has 8 heteroatoms. The smallest absolute Gasteiger partial charge is 0.322 e. The van der Waals surface area contributed by atoms with Crippen LogP contribution in [0.5, 0.6) is 0 Å². The fourth-order valence-electron chi connectivity index (χ4n) is 4.49. The van der Waals surface area contributed by atoms with Gasteiger partial charge in [0.25, 0.3) is 0 Å². The first-order valence-corrected chi connectivity index (χ1v) is 11.8. The predicted octanol–water partition coefficient (Wildman–Crippen LogP) is 4.80. The number of urea groups is 1. The molecule has 1 N–H and O–H groups in total. The Labute approximate surface area is 191 Å². The van der Waals surface area contributed by atoms with Crippen LogP contribution in [0.4, 0.5) is 9.18 Å². The van der Waals surface area contributed by atoms with Crippen molar-refractivity contribution in [2.45, 2.75) is 43.9 Å². The van der Waals surface area contributed by atoms with Crippen molar-refractivity contribution >= 4 is 34.7 Å². The molecule has 0 spiro atoms. The molecule has 3 atom stereocenters. The largest absolute Gasteiger partial charge is 0.424 e. The number of imide groups is 1. The van der Waals surface area contributed by atoms with Gasteiger partial charge in [0, 0.05) is 19.9 Å². The van der Waals surface area contributed by atoms with Gasteiger partial charge < -0.3 is 4.57 Å². The Morgan fingerprint density at radius 2 is 1.97 bits per heavy atom. The van der Waals surface area contributed by atoms with Crippen LogP contribution in [-0.4, -0.2) is 44.3 Å². The topological polar surface area (TPSA) is 64.0 Å². The van der Waals surface area contributed by atoms with Crippen LogP contribution < -0.4 is 5.32 Å². The number of rotatable bonds is 5. The normalized spacial score (nSPS) is 21.6. The van der Waals surface area contributed by atoms with Crippen LogP contribution in [0.15, 0.2) is 53.7 Å². The van der Waals surface area contributed by atoms with Crippen molar-refractivity contribution in [1.82, 2.24) is 14.9 Å². The van der Waals surface area contributed by atoms with Crippen molar-refractivity contribution < 1.29 is 18.5 Å². The summed E-state index contributed by atoms with van der Waals surface area (Å²) in [5, 5.41) is 3.75. The van der Waals surface area contributed by atoms with E-state index in [1.165, 1.54) is 23.9 Å². The van der Waals surface area contributed by atoms with E-state index in [1.807, 2.05) is 49.7 Å². The third kappa shape index (κ3) is 4.04. The molecule has 1 aliphatic heterocycles. The summed E-state index contributed by atoms with van der Waals surface area (Å²) in [6.07, 6.45) is 1.64. The molecule has 32 heavy (non-hydrogen) atoms. The third-order valence-corrected chi connectivity index (χ3v) is 7.49. The number of hydrogen-bond acceptors (Lipinski definition) is 4. The number of amides is 3. The molecule has 1 aromatic heterocycles. The molecular formula is C24H28FN4O2S+. The molecule has 0 radical (unpaired) electrons. The lowest BCUT2D eigenvalue weighted by Gasteiger charge is -2.33. The Hall–Kier alpha value is -2.71. The van der Waals surface area contributed by atoms with Gasteiger partial charge in [-0.25, -0.2) is 19.0 Å². The van der Waals surface area contributed by atoms with Gasteiger partial charge in [-0.05, 0) is 43.7 Å². The van der Waals surface area contributed by atoms with Crippen LogP contribution in [0.2, 0.25) is 0 Å². The number of carbonyl (C=O) groups excluding carboxylic acids is 2. The molecular weight excluding hydrogens is 427 g/mol. The lowest BCUT2D eigenvalue weighted by atomic mass is 10.1. The zero-order valence-corrected chi connectivity index (χ0v) is 19.4. The van der Waals surface area contributed by atoms with E-state index in [0.29, 0.717) is 6.54 Å². The Bertz CT molecular complexity index is 1150. The highest BCUT2D eigenvalue weighted by atomic mass is 32.2. The molecule has 6 nitrogen and oxygen atoms in total. The first-order chi connectivity index (χ1) is 15.3. The van der Waals surface area contributed by atoms with Crippen LogP contribution in [0.25, 0.3) is 11.0 Å². The van der Waals surface area contributed by atoms with Crippen LogP contribution in [0.1, 0.15) is 38.3 Å². The molecule has 1 fully saturated rings. The fraction of sp³-hybridized carbons (Fsp3) is 0.375. The standard InChI is InChI=1S/C24H27FN4O2S/c1-16-7-6-14-29(16,24(31)26-17(2)18-10-12-19(25)13-11-18)22(30)15-32-23-27-20-8-4-5-9-21(20)28(23)3/h4-5,8-13,16-17H,6-7,14-15H2,1-3H3/p+1/t16-,17+,29?/m1/s1. The second kappa shape index (κ2) is 9.03. The van der Waals surface area contributed by atoms with Gasteiger partial charge >= 0.3 is 11.9 Å². The molecule has 0 saturated carbocycles. The van der Waals surface area contributed by atoms with Gasteiger partial charge in [0.2, 0.25) is 0 Å². The van der Waals surface area contributed by atoms with Crippen LogP contribution in [0.3, 0.4) is 0 Å². The van der Waals surface area contributed by atoms with Gasteiger partial charge in [-0.2, -0.15) is 4.48 Å². The van der Waals surface area contributed by atoms with E-state index >= 15 is 0 Å². The van der Waals surface area contributed by atoms with Gasteiger partial charge in [0.05, 0.1) is 23.6 Å². The maximum Gasteiger partial charge on any atom is 0.424 e. The van der Waals surface area contributed by atoms with Crippen molar-refractivity contribution in [3.8, 4) is 0 Å². The van der Waals surface area contributed by atoms with Gasteiger partial charge in [0.15, 0.2) is 5.16 Å². The lowest BCUT2D eigenvalue weighted by molar-refractivity contribution is -0.784. The number of nitrogens with one attached hydrogen (secondary N) is 1. The Morgan fingerprint density at radius 3 is 2.62 bits per heavy atom. The SMILES string of the molecule is C[C@H](NC(=O)[N+]1(C(=O)CSc2nc3ccccc3n2C)CCC[C@H]1C)c1ccc(F)cc1. The minimum atomic E-state index is -0.328. The summed E-state index contributed by atoms with van der Waals surface area (Å²) < 4.78 is 15.0. The summed E-state index contributed by atoms with van der Waals surface area (Å²) in [7, 11) is 1.93. The minimum absolute atomic E-state index is 0.0936. The van der Waals surface area contributed by atoms with E-state index in [9.17, 15) is 14.0 Å². The molecule has 2 heterocycles. The molecule has 1 unspecified atom stereocenters. The highest BCUT2D eigenvalue weighted by molar-refractivity contribution is 7.99. The van der Waals surface area contributed by atoms with Gasteiger partial charge in [-0.1, -0.05) is 36.0 Å². The number of carbonyl (C=O) groups is 2. The monoisotopic (exact) mass is 455 g/mol. The molecule has 1 aliphatic rings. The number of thioether (sulfide) groups is 1. The maximum absolute atomic E-state index is 13.5. The zero-order chi connectivity index (χ0) is 22.9. The van der Waals surface area contributed by atoms with E-state index in [2.05, 4.69) is 10.3 Å². The van der Waals surface area contributed by atoms with Crippen LogP contribution in [-0.2, 0) is 11.8 Å². The molecule has 0 aliphatic carbocycles. The average molecular weight is 456 g/mol. The number of para-hydroxylation sites is 2. The number of aryl methyl sites for hydroxylation is 1. The highest BCUT2D eigenvalue weighted by Gasteiger charge is 2.52. The Morgan fingerprint density at radius 1 is 1.25 bits per heavy atom. The number of fused-ring (bicyclic) bond motifs is 1. The van der Waals surface area contributed by atoms with Crippen molar-refractivity contribution in [2.75, 3.05) is 12.3 Å². The molecule has 168 valence electrons. The number of nitrogens with zero attached hydrogens (tertiary/aromatic N) is 3. The molecule has 3 amide bonds. The van der Waals surface area contributed by atoms with Gasteiger partial charge in [0.1, 0.15) is 17.6 Å². The minimum Gasteiger partial charge on any atom is -0.322 e. The second-order valence-corrected chi connectivity index (χ2v) is 9.37.